The molecule has 1 fully saturated rings. The third kappa shape index (κ3) is 5.27. The summed E-state index contributed by atoms with van der Waals surface area (Å²) in [5.74, 6) is 0. The lowest BCUT2D eigenvalue weighted by Gasteiger charge is -2.31. The van der Waals surface area contributed by atoms with Gasteiger partial charge in [0.1, 0.15) is 0 Å². The molecule has 22 heavy (non-hydrogen) atoms. The molecule has 0 spiro atoms. The maximum absolute atomic E-state index is 10.6. The molecule has 2 N–H and O–H groups in total. The zero-order valence-corrected chi connectivity index (χ0v) is 12.4. The van der Waals surface area contributed by atoms with E-state index in [0.717, 1.165) is 51.1 Å². The third-order valence-corrected chi connectivity index (χ3v) is 3.79. The van der Waals surface area contributed by atoms with Crippen molar-refractivity contribution in [1.29, 1.82) is 0 Å². The summed E-state index contributed by atoms with van der Waals surface area (Å²) in [6.45, 7) is 4.00. The predicted octanol–water partition coefficient (Wildman–Crippen LogP) is 1.82. The van der Waals surface area contributed by atoms with E-state index in [-0.39, 0.29) is 12.6 Å². The van der Waals surface area contributed by atoms with Gasteiger partial charge in [0.05, 0.1) is 18.6 Å². The number of carbonyl (C=O) groups is 1. The van der Waals surface area contributed by atoms with E-state index in [2.05, 4.69) is 25.2 Å². The number of azide groups is 1. The van der Waals surface area contributed by atoms with Gasteiger partial charge in [-0.2, -0.15) is 0 Å². The van der Waals surface area contributed by atoms with E-state index in [1.807, 2.05) is 10.8 Å². The van der Waals surface area contributed by atoms with Gasteiger partial charge in [-0.25, -0.2) is 9.78 Å². The van der Waals surface area contributed by atoms with Crippen LogP contribution in [0.25, 0.3) is 10.4 Å². The molecular formula is C13H21N7O2. The number of carboxylic acid groups (broad SMARTS) is 1. The van der Waals surface area contributed by atoms with E-state index in [1.54, 1.807) is 6.33 Å². The van der Waals surface area contributed by atoms with Crippen LogP contribution in [0.1, 0.15) is 25.0 Å². The maximum atomic E-state index is 10.6. The second-order valence-electron chi connectivity index (χ2n) is 5.41. The number of hydrogen-bond donors (Lipinski definition) is 2. The number of aromatic nitrogens is 2. The number of nitrogens with zero attached hydrogens (tertiary/aromatic N) is 6. The van der Waals surface area contributed by atoms with Crippen molar-refractivity contribution in [3.05, 3.63) is 28.7 Å². The first kappa shape index (κ1) is 16.1. The fourth-order valence-electron chi connectivity index (χ4n) is 2.67. The number of aryl methyl sites for hydroxylation is 1. The number of rotatable bonds is 7. The summed E-state index contributed by atoms with van der Waals surface area (Å²) in [7, 11) is 0. The van der Waals surface area contributed by atoms with Crippen LogP contribution in [0.3, 0.4) is 0 Å². The van der Waals surface area contributed by atoms with Crippen molar-refractivity contribution in [3.8, 4) is 0 Å². The summed E-state index contributed by atoms with van der Waals surface area (Å²) in [6.07, 6.45) is 5.47. The van der Waals surface area contributed by atoms with Gasteiger partial charge >= 0.3 is 6.09 Å². The third-order valence-electron chi connectivity index (χ3n) is 3.79. The Bertz CT molecular complexity index is 530. The highest BCUT2D eigenvalue weighted by Gasteiger charge is 2.19. The molecule has 0 aliphatic carbocycles. The molecule has 0 aromatic carbocycles. The van der Waals surface area contributed by atoms with Crippen molar-refractivity contribution >= 4 is 6.09 Å². The van der Waals surface area contributed by atoms with Gasteiger partial charge in [0.2, 0.25) is 0 Å². The van der Waals surface area contributed by atoms with E-state index >= 15 is 0 Å². The fourth-order valence-corrected chi connectivity index (χ4v) is 2.67. The quantitative estimate of drug-likeness (QED) is 0.453. The van der Waals surface area contributed by atoms with Crippen LogP contribution in [-0.4, -0.2) is 51.3 Å². The number of likely N-dealkylation sites (tertiary alicyclic amines) is 1. The molecule has 9 nitrogen and oxygen atoms in total. The first-order valence-corrected chi connectivity index (χ1v) is 7.40. The van der Waals surface area contributed by atoms with Gasteiger partial charge in [0.25, 0.3) is 0 Å². The van der Waals surface area contributed by atoms with Crippen molar-refractivity contribution in [1.82, 2.24) is 19.8 Å². The second kappa shape index (κ2) is 8.26. The number of amides is 1. The summed E-state index contributed by atoms with van der Waals surface area (Å²) in [6, 6.07) is 0.0886. The van der Waals surface area contributed by atoms with Crippen LogP contribution < -0.4 is 5.32 Å². The lowest BCUT2D eigenvalue weighted by molar-refractivity contribution is 0.167. The average molecular weight is 307 g/mol. The van der Waals surface area contributed by atoms with Gasteiger partial charge in [-0.3, -0.25) is 0 Å². The maximum Gasteiger partial charge on any atom is 0.404 e. The topological polar surface area (TPSA) is 119 Å². The summed E-state index contributed by atoms with van der Waals surface area (Å²) in [5, 5.41) is 14.7. The Labute approximate surface area is 128 Å². The lowest BCUT2D eigenvalue weighted by Crippen LogP contribution is -2.44. The van der Waals surface area contributed by atoms with Crippen LogP contribution in [0, 0.1) is 0 Å². The molecule has 1 aromatic heterocycles. The molecule has 0 atom stereocenters. The van der Waals surface area contributed by atoms with Crippen LogP contribution in [0.5, 0.6) is 0 Å². The highest BCUT2D eigenvalue weighted by atomic mass is 16.4. The Kier molecular flexibility index (Phi) is 6.05. The first-order valence-electron chi connectivity index (χ1n) is 7.40. The molecule has 1 amide bonds. The Morgan fingerprint density at radius 1 is 1.50 bits per heavy atom. The molecule has 0 radical (unpaired) electrons. The van der Waals surface area contributed by atoms with Crippen LogP contribution in [0.2, 0.25) is 0 Å². The molecule has 120 valence electrons. The fraction of sp³-hybridized carbons (Fsp3) is 0.692. The van der Waals surface area contributed by atoms with E-state index in [4.69, 9.17) is 10.6 Å². The van der Waals surface area contributed by atoms with Crippen molar-refractivity contribution < 1.29 is 9.90 Å². The molecule has 2 rings (SSSR count). The summed E-state index contributed by atoms with van der Waals surface area (Å²) in [4.78, 5) is 19.8. The van der Waals surface area contributed by atoms with Crippen molar-refractivity contribution in [2.45, 2.75) is 38.4 Å². The van der Waals surface area contributed by atoms with Crippen LogP contribution in [0.4, 0.5) is 4.79 Å². The van der Waals surface area contributed by atoms with Crippen molar-refractivity contribution in [3.63, 3.8) is 0 Å². The average Bonchev–Trinajstić information content (AvgIpc) is 2.94. The molecule has 2 heterocycles. The minimum absolute atomic E-state index is 0.0886. The molecule has 0 saturated carbocycles. The van der Waals surface area contributed by atoms with E-state index in [1.165, 1.54) is 0 Å². The summed E-state index contributed by atoms with van der Waals surface area (Å²) >= 11 is 0. The van der Waals surface area contributed by atoms with Crippen molar-refractivity contribution in [2.75, 3.05) is 19.6 Å². The minimum Gasteiger partial charge on any atom is -0.465 e. The minimum atomic E-state index is -0.935. The highest BCUT2D eigenvalue weighted by Crippen LogP contribution is 2.11. The first-order chi connectivity index (χ1) is 10.7. The summed E-state index contributed by atoms with van der Waals surface area (Å²) in [5.41, 5.74) is 9.04. The normalized spacial score (nSPS) is 16.2. The highest BCUT2D eigenvalue weighted by molar-refractivity contribution is 5.64. The van der Waals surface area contributed by atoms with E-state index < -0.39 is 6.09 Å². The standard InChI is InChI=1S/C13H21N7O2/c14-18-16-8-12-9-20(10-15-12)5-1-4-19-6-2-11(3-7-19)17-13(21)22/h9-11,17H,1-8H2,(H,21,22). The number of piperidine rings is 1. The lowest BCUT2D eigenvalue weighted by atomic mass is 10.1. The molecule has 1 aromatic rings. The number of hydrogen-bond acceptors (Lipinski definition) is 4. The molecule has 0 bridgehead atoms. The number of imidazole rings is 1. The van der Waals surface area contributed by atoms with Crippen LogP contribution >= 0.6 is 0 Å². The zero-order valence-electron chi connectivity index (χ0n) is 12.4. The van der Waals surface area contributed by atoms with Gasteiger partial charge in [-0.05, 0) is 31.3 Å². The zero-order chi connectivity index (χ0) is 15.8. The van der Waals surface area contributed by atoms with Crippen molar-refractivity contribution in [2.24, 2.45) is 5.11 Å². The van der Waals surface area contributed by atoms with Gasteiger partial charge in [0, 0.05) is 36.8 Å². The Hall–Kier alpha value is -2.25. The van der Waals surface area contributed by atoms with Gasteiger partial charge in [0.15, 0.2) is 0 Å². The molecular weight excluding hydrogens is 286 g/mol. The SMILES string of the molecule is [N-]=[N+]=NCc1cn(CCCN2CCC(NC(=O)O)CC2)cn1. The molecule has 0 unspecified atom stereocenters. The molecule has 1 aliphatic heterocycles. The van der Waals surface area contributed by atoms with Gasteiger partial charge in [-0.15, -0.1) is 0 Å². The Balaban J connectivity index is 1.64. The molecule has 9 heteroatoms. The Morgan fingerprint density at radius 3 is 2.95 bits per heavy atom. The van der Waals surface area contributed by atoms with E-state index in [9.17, 15) is 4.79 Å². The van der Waals surface area contributed by atoms with Gasteiger partial charge < -0.3 is 19.9 Å². The second-order valence-corrected chi connectivity index (χ2v) is 5.41. The molecule has 1 saturated heterocycles. The summed E-state index contributed by atoms with van der Waals surface area (Å²) < 4.78 is 2.00. The van der Waals surface area contributed by atoms with Crippen LogP contribution in [-0.2, 0) is 13.1 Å². The largest absolute Gasteiger partial charge is 0.465 e. The molecule has 1 aliphatic rings. The predicted molar refractivity (Wildman–Crippen MR) is 80.3 cm³/mol. The monoisotopic (exact) mass is 307 g/mol. The van der Waals surface area contributed by atoms with E-state index in [0.29, 0.717) is 0 Å². The van der Waals surface area contributed by atoms with Crippen LogP contribution in [0.15, 0.2) is 17.6 Å². The number of nitrogens with one attached hydrogen (secondary N) is 1. The van der Waals surface area contributed by atoms with Gasteiger partial charge in [-0.1, -0.05) is 5.11 Å². The smallest absolute Gasteiger partial charge is 0.404 e. The Morgan fingerprint density at radius 2 is 2.27 bits per heavy atom.